The molecule has 0 bridgehead atoms. The van der Waals surface area contributed by atoms with Crippen molar-refractivity contribution in [2.45, 2.75) is 13.8 Å². The fraction of sp³-hybridized carbons (Fsp3) is 0.206. The van der Waals surface area contributed by atoms with Crippen molar-refractivity contribution in [2.75, 3.05) is 24.9 Å². The lowest BCUT2D eigenvalue weighted by molar-refractivity contribution is -0.122. The number of carbonyl (C=O) groups is 2. The summed E-state index contributed by atoms with van der Waals surface area (Å²) >= 11 is 0. The molecule has 0 saturated heterocycles. The molecule has 0 aliphatic heterocycles. The number of hydrogen-bond acceptors (Lipinski definition) is 6. The first-order chi connectivity index (χ1) is 20.7. The highest BCUT2D eigenvalue weighted by Gasteiger charge is 2.65. The summed E-state index contributed by atoms with van der Waals surface area (Å²) in [6, 6.07) is 22.7. The molecule has 0 radical (unpaired) electrons. The molecule has 1 aliphatic carbocycles. The molecule has 2 amide bonds. The SMILES string of the molecule is COc1cc2nccc(Oc3ccc(NC(=O)C4C(C(=O)Nc5cccc6ccccc56)C4(C)C)cc3F)c2cc1OC. The molecule has 8 nitrogen and oxygen atoms in total. The Morgan fingerprint density at radius 3 is 2.21 bits per heavy atom. The highest BCUT2D eigenvalue weighted by atomic mass is 19.1. The van der Waals surface area contributed by atoms with Crippen molar-refractivity contribution in [3.05, 3.63) is 90.9 Å². The molecule has 43 heavy (non-hydrogen) atoms. The van der Waals surface area contributed by atoms with E-state index in [4.69, 9.17) is 14.2 Å². The Morgan fingerprint density at radius 2 is 1.47 bits per heavy atom. The largest absolute Gasteiger partial charge is 0.493 e. The number of methoxy groups -OCH3 is 2. The number of ether oxygens (including phenoxy) is 3. The second-order valence-electron chi connectivity index (χ2n) is 11.1. The molecule has 5 aromatic rings. The number of amides is 2. The zero-order chi connectivity index (χ0) is 30.3. The molecule has 2 N–H and O–H groups in total. The van der Waals surface area contributed by atoms with E-state index in [0.717, 1.165) is 10.8 Å². The lowest BCUT2D eigenvalue weighted by Crippen LogP contribution is -2.20. The summed E-state index contributed by atoms with van der Waals surface area (Å²) in [4.78, 5) is 30.8. The summed E-state index contributed by atoms with van der Waals surface area (Å²) in [5, 5.41) is 8.32. The first kappa shape index (κ1) is 28.0. The number of carbonyl (C=O) groups excluding carboxylic acids is 2. The number of nitrogens with one attached hydrogen (secondary N) is 2. The van der Waals surface area contributed by atoms with Crippen LogP contribution in [0.25, 0.3) is 21.7 Å². The van der Waals surface area contributed by atoms with Crippen LogP contribution in [-0.4, -0.2) is 31.0 Å². The summed E-state index contributed by atoms with van der Waals surface area (Å²) in [7, 11) is 3.06. The third-order valence-electron chi connectivity index (χ3n) is 8.07. The summed E-state index contributed by atoms with van der Waals surface area (Å²) < 4.78 is 31.8. The van der Waals surface area contributed by atoms with Gasteiger partial charge in [0.05, 0.1) is 31.6 Å². The highest BCUT2D eigenvalue weighted by molar-refractivity contribution is 6.08. The van der Waals surface area contributed by atoms with Crippen molar-refractivity contribution in [2.24, 2.45) is 17.3 Å². The predicted octanol–water partition coefficient (Wildman–Crippen LogP) is 7.19. The fourth-order valence-corrected chi connectivity index (χ4v) is 5.70. The zero-order valence-corrected chi connectivity index (χ0v) is 24.1. The maximum absolute atomic E-state index is 15.2. The third-order valence-corrected chi connectivity index (χ3v) is 8.07. The number of nitrogens with zero attached hydrogens (tertiary/aromatic N) is 1. The van der Waals surface area contributed by atoms with Gasteiger partial charge in [0.1, 0.15) is 5.75 Å². The van der Waals surface area contributed by atoms with Crippen LogP contribution in [-0.2, 0) is 9.59 Å². The maximum Gasteiger partial charge on any atom is 0.228 e. The molecular weight excluding hydrogens is 549 g/mol. The second kappa shape index (κ2) is 10.9. The van der Waals surface area contributed by atoms with Crippen molar-refractivity contribution in [3.8, 4) is 23.0 Å². The summed E-state index contributed by atoms with van der Waals surface area (Å²) in [5.41, 5.74) is 0.983. The van der Waals surface area contributed by atoms with Gasteiger partial charge in [-0.2, -0.15) is 0 Å². The number of anilines is 2. The normalized spacial score (nSPS) is 16.9. The van der Waals surface area contributed by atoms with E-state index in [2.05, 4.69) is 15.6 Å². The summed E-state index contributed by atoms with van der Waals surface area (Å²) in [5.74, 6) is -1.00. The lowest BCUT2D eigenvalue weighted by atomic mass is 10.1. The molecule has 1 fully saturated rings. The van der Waals surface area contributed by atoms with Crippen molar-refractivity contribution in [1.82, 2.24) is 4.98 Å². The molecule has 4 aromatic carbocycles. The van der Waals surface area contributed by atoms with Crippen LogP contribution >= 0.6 is 0 Å². The van der Waals surface area contributed by atoms with Gasteiger partial charge in [0.25, 0.3) is 0 Å². The van der Waals surface area contributed by atoms with Gasteiger partial charge in [0.2, 0.25) is 11.8 Å². The minimum Gasteiger partial charge on any atom is -0.493 e. The average Bonchev–Trinajstić information content (AvgIpc) is 3.60. The molecule has 1 aromatic heterocycles. The van der Waals surface area contributed by atoms with Crippen molar-refractivity contribution in [3.63, 3.8) is 0 Å². The Balaban J connectivity index is 1.16. The van der Waals surface area contributed by atoms with Gasteiger partial charge in [0, 0.05) is 40.5 Å². The van der Waals surface area contributed by atoms with Gasteiger partial charge in [-0.1, -0.05) is 50.2 Å². The van der Waals surface area contributed by atoms with Crippen LogP contribution in [0.15, 0.2) is 85.1 Å². The third kappa shape index (κ3) is 5.18. The molecule has 6 rings (SSSR count). The van der Waals surface area contributed by atoms with E-state index in [1.807, 2.05) is 56.3 Å². The smallest absolute Gasteiger partial charge is 0.228 e. The highest BCUT2D eigenvalue weighted by Crippen LogP contribution is 2.59. The molecule has 2 unspecified atom stereocenters. The number of fused-ring (bicyclic) bond motifs is 2. The molecule has 9 heteroatoms. The number of rotatable bonds is 8. The molecule has 0 spiro atoms. The van der Waals surface area contributed by atoms with E-state index < -0.39 is 23.1 Å². The molecule has 1 aliphatic rings. The van der Waals surface area contributed by atoms with E-state index >= 15 is 4.39 Å². The minimum atomic E-state index is -0.663. The second-order valence-corrected chi connectivity index (χ2v) is 11.1. The van der Waals surface area contributed by atoms with E-state index in [1.165, 1.54) is 26.4 Å². The Bertz CT molecular complexity index is 1880. The van der Waals surface area contributed by atoms with Gasteiger partial charge < -0.3 is 24.8 Å². The summed E-state index contributed by atoms with van der Waals surface area (Å²) in [6.07, 6.45) is 1.56. The van der Waals surface area contributed by atoms with Gasteiger partial charge >= 0.3 is 0 Å². The average molecular weight is 580 g/mol. The first-order valence-corrected chi connectivity index (χ1v) is 13.8. The van der Waals surface area contributed by atoms with Crippen molar-refractivity contribution >= 4 is 44.9 Å². The van der Waals surface area contributed by atoms with E-state index in [0.29, 0.717) is 33.8 Å². The van der Waals surface area contributed by atoms with Crippen LogP contribution in [0.4, 0.5) is 15.8 Å². The van der Waals surface area contributed by atoms with Gasteiger partial charge in [-0.3, -0.25) is 14.6 Å². The van der Waals surface area contributed by atoms with Crippen LogP contribution in [0.3, 0.4) is 0 Å². The molecule has 1 heterocycles. The Hall–Kier alpha value is -5.18. The van der Waals surface area contributed by atoms with Crippen molar-refractivity contribution in [1.29, 1.82) is 0 Å². The van der Waals surface area contributed by atoms with Gasteiger partial charge in [-0.15, -0.1) is 0 Å². The summed E-state index contributed by atoms with van der Waals surface area (Å²) in [6.45, 7) is 3.76. The predicted molar refractivity (Wildman–Crippen MR) is 163 cm³/mol. The quantitative estimate of drug-likeness (QED) is 0.202. The van der Waals surface area contributed by atoms with E-state index in [1.54, 1.807) is 30.5 Å². The topological polar surface area (TPSA) is 98.8 Å². The number of aromatic nitrogens is 1. The first-order valence-electron chi connectivity index (χ1n) is 13.8. The molecular formula is C34H30FN3O5. The number of benzene rings is 4. The van der Waals surface area contributed by atoms with Crippen LogP contribution in [0.5, 0.6) is 23.0 Å². The van der Waals surface area contributed by atoms with Crippen LogP contribution in [0, 0.1) is 23.1 Å². The Morgan fingerprint density at radius 1 is 0.767 bits per heavy atom. The monoisotopic (exact) mass is 579 g/mol. The fourth-order valence-electron chi connectivity index (χ4n) is 5.70. The number of pyridine rings is 1. The molecule has 218 valence electrons. The van der Waals surface area contributed by atoms with Gasteiger partial charge in [-0.05, 0) is 41.1 Å². The Kier molecular flexibility index (Phi) is 7.09. The zero-order valence-electron chi connectivity index (χ0n) is 24.1. The van der Waals surface area contributed by atoms with Crippen LogP contribution < -0.4 is 24.8 Å². The minimum absolute atomic E-state index is 0.0284. The van der Waals surface area contributed by atoms with Gasteiger partial charge in [-0.25, -0.2) is 4.39 Å². The van der Waals surface area contributed by atoms with E-state index in [-0.39, 0.29) is 23.3 Å². The number of hydrogen-bond donors (Lipinski definition) is 2. The maximum atomic E-state index is 15.2. The Labute approximate surface area is 247 Å². The van der Waals surface area contributed by atoms with Crippen LogP contribution in [0.1, 0.15) is 13.8 Å². The number of halogens is 1. The van der Waals surface area contributed by atoms with E-state index in [9.17, 15) is 9.59 Å². The lowest BCUT2D eigenvalue weighted by Gasteiger charge is -2.13. The van der Waals surface area contributed by atoms with Crippen molar-refractivity contribution < 1.29 is 28.2 Å². The van der Waals surface area contributed by atoms with Gasteiger partial charge in [0.15, 0.2) is 23.1 Å². The molecule has 1 saturated carbocycles. The standard InChI is InChI=1S/C34H30FN3O5/c1-34(2)30(31(34)33(40)38-24-11-7-9-19-8-5-6-10-21(19)24)32(39)37-20-12-13-27(23(35)16-20)43-26-14-15-36-25-18-29(42-4)28(41-3)17-22(25)26/h5-18,30-31H,1-4H3,(H,37,39)(H,38,40). The molecule has 2 atom stereocenters. The van der Waals surface area contributed by atoms with Crippen LogP contribution in [0.2, 0.25) is 0 Å².